The zero-order chi connectivity index (χ0) is 13.7. The number of hydrogen-bond acceptors (Lipinski definition) is 3. The molecule has 0 bridgehead atoms. The Morgan fingerprint density at radius 3 is 2.84 bits per heavy atom. The SMILES string of the molecule is CC1CCNC(C(=O)NCC(C)CN2CCCC2)C1. The average molecular weight is 267 g/mol. The van der Waals surface area contributed by atoms with Crippen LogP contribution >= 0.6 is 0 Å². The van der Waals surface area contributed by atoms with E-state index in [1.807, 2.05) is 0 Å². The molecule has 4 nitrogen and oxygen atoms in total. The van der Waals surface area contributed by atoms with Crippen molar-refractivity contribution in [1.29, 1.82) is 0 Å². The molecule has 110 valence electrons. The van der Waals surface area contributed by atoms with E-state index < -0.39 is 0 Å². The van der Waals surface area contributed by atoms with E-state index in [0.717, 1.165) is 26.1 Å². The molecule has 0 aromatic rings. The molecule has 3 unspecified atom stereocenters. The van der Waals surface area contributed by atoms with Crippen molar-refractivity contribution >= 4 is 5.91 Å². The molecule has 2 N–H and O–H groups in total. The largest absolute Gasteiger partial charge is 0.354 e. The summed E-state index contributed by atoms with van der Waals surface area (Å²) in [7, 11) is 0. The third-order valence-corrected chi connectivity index (χ3v) is 4.38. The van der Waals surface area contributed by atoms with Crippen molar-refractivity contribution in [2.24, 2.45) is 11.8 Å². The maximum atomic E-state index is 12.1. The molecule has 2 aliphatic rings. The fourth-order valence-corrected chi connectivity index (χ4v) is 3.18. The van der Waals surface area contributed by atoms with E-state index in [9.17, 15) is 4.79 Å². The lowest BCUT2D eigenvalue weighted by atomic mass is 9.94. The molecule has 2 heterocycles. The molecule has 0 saturated carbocycles. The maximum absolute atomic E-state index is 12.1. The van der Waals surface area contributed by atoms with Crippen molar-refractivity contribution in [2.75, 3.05) is 32.7 Å². The Hall–Kier alpha value is -0.610. The third kappa shape index (κ3) is 4.77. The fourth-order valence-electron chi connectivity index (χ4n) is 3.18. The van der Waals surface area contributed by atoms with Crippen LogP contribution in [0.2, 0.25) is 0 Å². The van der Waals surface area contributed by atoms with Crippen LogP contribution in [0.15, 0.2) is 0 Å². The Balaban J connectivity index is 1.64. The smallest absolute Gasteiger partial charge is 0.237 e. The van der Waals surface area contributed by atoms with Crippen LogP contribution in [0, 0.1) is 11.8 Å². The number of nitrogens with one attached hydrogen (secondary N) is 2. The number of piperidine rings is 1. The lowest BCUT2D eigenvalue weighted by Gasteiger charge is -2.28. The highest BCUT2D eigenvalue weighted by Crippen LogP contribution is 2.15. The predicted octanol–water partition coefficient (Wildman–Crippen LogP) is 1.22. The number of likely N-dealkylation sites (tertiary alicyclic amines) is 1. The quantitative estimate of drug-likeness (QED) is 0.787. The van der Waals surface area contributed by atoms with Gasteiger partial charge in [0.15, 0.2) is 0 Å². The number of amides is 1. The van der Waals surface area contributed by atoms with Gasteiger partial charge in [-0.3, -0.25) is 4.79 Å². The maximum Gasteiger partial charge on any atom is 0.237 e. The fraction of sp³-hybridized carbons (Fsp3) is 0.933. The summed E-state index contributed by atoms with van der Waals surface area (Å²) in [6.07, 6.45) is 4.84. The minimum atomic E-state index is 0.0303. The monoisotopic (exact) mass is 267 g/mol. The first-order valence-corrected chi connectivity index (χ1v) is 7.88. The Labute approximate surface area is 117 Å². The van der Waals surface area contributed by atoms with Gasteiger partial charge in [-0.25, -0.2) is 0 Å². The Bertz CT molecular complexity index is 289. The summed E-state index contributed by atoms with van der Waals surface area (Å²) >= 11 is 0. The molecular formula is C15H29N3O. The van der Waals surface area contributed by atoms with Crippen LogP contribution in [0.1, 0.15) is 39.5 Å². The minimum Gasteiger partial charge on any atom is -0.354 e. The second kappa shape index (κ2) is 7.25. The Morgan fingerprint density at radius 2 is 2.16 bits per heavy atom. The van der Waals surface area contributed by atoms with Crippen molar-refractivity contribution in [2.45, 2.75) is 45.6 Å². The van der Waals surface area contributed by atoms with E-state index >= 15 is 0 Å². The molecule has 2 saturated heterocycles. The van der Waals surface area contributed by atoms with Gasteiger partial charge in [-0.1, -0.05) is 13.8 Å². The number of rotatable bonds is 5. The molecule has 19 heavy (non-hydrogen) atoms. The first-order chi connectivity index (χ1) is 9.15. The number of carbonyl (C=O) groups excluding carboxylic acids is 1. The standard InChI is InChI=1S/C15H29N3O/c1-12-5-6-16-14(9-12)15(19)17-10-13(2)11-18-7-3-4-8-18/h12-14,16H,3-11H2,1-2H3,(H,17,19). The van der Waals surface area contributed by atoms with Gasteiger partial charge in [0.05, 0.1) is 6.04 Å². The van der Waals surface area contributed by atoms with Gasteiger partial charge in [0.2, 0.25) is 5.91 Å². The molecule has 1 amide bonds. The highest BCUT2D eigenvalue weighted by atomic mass is 16.2. The van der Waals surface area contributed by atoms with Gasteiger partial charge in [0.1, 0.15) is 0 Å². The predicted molar refractivity (Wildman–Crippen MR) is 78.0 cm³/mol. The van der Waals surface area contributed by atoms with Gasteiger partial charge in [-0.05, 0) is 57.2 Å². The van der Waals surface area contributed by atoms with Crippen LogP contribution in [0.3, 0.4) is 0 Å². The molecule has 4 heteroatoms. The van der Waals surface area contributed by atoms with E-state index in [1.54, 1.807) is 0 Å². The van der Waals surface area contributed by atoms with Crippen LogP contribution in [-0.4, -0.2) is 49.6 Å². The first kappa shape index (κ1) is 14.8. The van der Waals surface area contributed by atoms with Gasteiger partial charge < -0.3 is 15.5 Å². The zero-order valence-electron chi connectivity index (χ0n) is 12.5. The third-order valence-electron chi connectivity index (χ3n) is 4.38. The zero-order valence-corrected chi connectivity index (χ0v) is 12.5. The lowest BCUT2D eigenvalue weighted by molar-refractivity contribution is -0.124. The van der Waals surface area contributed by atoms with Crippen LogP contribution in [0.5, 0.6) is 0 Å². The van der Waals surface area contributed by atoms with Gasteiger partial charge in [-0.2, -0.15) is 0 Å². The molecule has 0 aliphatic carbocycles. The summed E-state index contributed by atoms with van der Waals surface area (Å²) in [4.78, 5) is 14.6. The average Bonchev–Trinajstić information content (AvgIpc) is 2.88. The summed E-state index contributed by atoms with van der Waals surface area (Å²) in [5, 5.41) is 6.44. The Kier molecular flexibility index (Phi) is 5.64. The molecule has 3 atom stereocenters. The molecule has 2 rings (SSSR count). The molecule has 2 aliphatic heterocycles. The van der Waals surface area contributed by atoms with E-state index in [2.05, 4.69) is 29.4 Å². The molecule has 0 spiro atoms. The van der Waals surface area contributed by atoms with E-state index in [1.165, 1.54) is 32.4 Å². The van der Waals surface area contributed by atoms with Crippen molar-refractivity contribution in [3.8, 4) is 0 Å². The van der Waals surface area contributed by atoms with Crippen molar-refractivity contribution < 1.29 is 4.79 Å². The van der Waals surface area contributed by atoms with Gasteiger partial charge >= 0.3 is 0 Å². The van der Waals surface area contributed by atoms with Gasteiger partial charge in [0, 0.05) is 13.1 Å². The Morgan fingerprint density at radius 1 is 1.42 bits per heavy atom. The normalized spacial score (nSPS) is 30.2. The summed E-state index contributed by atoms with van der Waals surface area (Å²) < 4.78 is 0. The summed E-state index contributed by atoms with van der Waals surface area (Å²) in [6.45, 7) is 9.84. The summed E-state index contributed by atoms with van der Waals surface area (Å²) in [6, 6.07) is 0.0303. The molecule has 0 radical (unpaired) electrons. The van der Waals surface area contributed by atoms with Crippen LogP contribution in [0.25, 0.3) is 0 Å². The van der Waals surface area contributed by atoms with Crippen molar-refractivity contribution in [1.82, 2.24) is 15.5 Å². The van der Waals surface area contributed by atoms with Gasteiger partial charge in [0.25, 0.3) is 0 Å². The highest BCUT2D eigenvalue weighted by Gasteiger charge is 2.24. The lowest BCUT2D eigenvalue weighted by Crippen LogP contribution is -2.49. The molecule has 0 aromatic carbocycles. The number of nitrogens with zero attached hydrogens (tertiary/aromatic N) is 1. The summed E-state index contributed by atoms with van der Waals surface area (Å²) in [5.74, 6) is 1.40. The number of hydrogen-bond donors (Lipinski definition) is 2. The van der Waals surface area contributed by atoms with E-state index in [0.29, 0.717) is 11.8 Å². The second-order valence-corrected chi connectivity index (χ2v) is 6.49. The molecule has 0 aromatic heterocycles. The minimum absolute atomic E-state index is 0.0303. The summed E-state index contributed by atoms with van der Waals surface area (Å²) in [5.41, 5.74) is 0. The van der Waals surface area contributed by atoms with Crippen molar-refractivity contribution in [3.63, 3.8) is 0 Å². The topological polar surface area (TPSA) is 44.4 Å². The van der Waals surface area contributed by atoms with E-state index in [-0.39, 0.29) is 11.9 Å². The highest BCUT2D eigenvalue weighted by molar-refractivity contribution is 5.81. The molecule has 2 fully saturated rings. The second-order valence-electron chi connectivity index (χ2n) is 6.49. The first-order valence-electron chi connectivity index (χ1n) is 7.88. The molecular weight excluding hydrogens is 238 g/mol. The van der Waals surface area contributed by atoms with E-state index in [4.69, 9.17) is 0 Å². The van der Waals surface area contributed by atoms with Crippen LogP contribution in [-0.2, 0) is 4.79 Å². The number of carbonyl (C=O) groups is 1. The van der Waals surface area contributed by atoms with Crippen LogP contribution in [0.4, 0.5) is 0 Å². The van der Waals surface area contributed by atoms with Crippen molar-refractivity contribution in [3.05, 3.63) is 0 Å². The van der Waals surface area contributed by atoms with Crippen LogP contribution < -0.4 is 10.6 Å². The van der Waals surface area contributed by atoms with Gasteiger partial charge in [-0.15, -0.1) is 0 Å².